The van der Waals surface area contributed by atoms with E-state index in [0.717, 1.165) is 21.3 Å². The topological polar surface area (TPSA) is 24.9 Å². The van der Waals surface area contributed by atoms with E-state index >= 15 is 0 Å². The van der Waals surface area contributed by atoms with Crippen molar-refractivity contribution >= 4 is 22.9 Å². The Balaban J connectivity index is 2.33. The van der Waals surface area contributed by atoms with Gasteiger partial charge >= 0.3 is 0 Å². The molecule has 2 rings (SSSR count). The van der Waals surface area contributed by atoms with Gasteiger partial charge in [-0.2, -0.15) is 0 Å². The third-order valence-electron chi connectivity index (χ3n) is 2.80. The smallest absolute Gasteiger partial charge is 0.113 e. The Morgan fingerprint density at radius 1 is 1.24 bits per heavy atom. The molecule has 0 atom stereocenters. The SMILES string of the molecule is CNC(C)(C)c1nc(-c2ccc(Cl)cc2)cs1. The second-order valence-corrected chi connectivity index (χ2v) is 5.71. The van der Waals surface area contributed by atoms with E-state index in [9.17, 15) is 0 Å². The summed E-state index contributed by atoms with van der Waals surface area (Å²) in [5.74, 6) is 0. The lowest BCUT2D eigenvalue weighted by molar-refractivity contribution is 0.442. The normalized spacial score (nSPS) is 11.8. The van der Waals surface area contributed by atoms with E-state index in [2.05, 4.69) is 29.5 Å². The molecule has 0 radical (unpaired) electrons. The fourth-order valence-corrected chi connectivity index (χ4v) is 2.51. The maximum atomic E-state index is 5.87. The molecule has 90 valence electrons. The molecule has 2 nitrogen and oxygen atoms in total. The highest BCUT2D eigenvalue weighted by atomic mass is 35.5. The fourth-order valence-electron chi connectivity index (χ4n) is 1.42. The summed E-state index contributed by atoms with van der Waals surface area (Å²) in [7, 11) is 1.95. The van der Waals surface area contributed by atoms with E-state index in [1.807, 2.05) is 31.3 Å². The van der Waals surface area contributed by atoms with Crippen LogP contribution in [-0.4, -0.2) is 12.0 Å². The zero-order valence-electron chi connectivity index (χ0n) is 10.1. The predicted octanol–water partition coefficient (Wildman–Crippen LogP) is 3.92. The average molecular weight is 267 g/mol. The molecule has 0 aliphatic rings. The molecule has 1 N–H and O–H groups in total. The van der Waals surface area contributed by atoms with Crippen LogP contribution in [0.5, 0.6) is 0 Å². The van der Waals surface area contributed by atoms with E-state index in [4.69, 9.17) is 11.6 Å². The van der Waals surface area contributed by atoms with Crippen molar-refractivity contribution in [3.63, 3.8) is 0 Å². The summed E-state index contributed by atoms with van der Waals surface area (Å²) in [5, 5.41) is 7.18. The van der Waals surface area contributed by atoms with Crippen LogP contribution in [0.3, 0.4) is 0 Å². The number of nitrogens with zero attached hydrogens (tertiary/aromatic N) is 1. The fraction of sp³-hybridized carbons (Fsp3) is 0.308. The number of thiazole rings is 1. The zero-order valence-corrected chi connectivity index (χ0v) is 11.7. The van der Waals surface area contributed by atoms with Crippen molar-refractivity contribution in [2.75, 3.05) is 7.05 Å². The van der Waals surface area contributed by atoms with Crippen LogP contribution in [0.25, 0.3) is 11.3 Å². The van der Waals surface area contributed by atoms with Crippen LogP contribution < -0.4 is 5.32 Å². The monoisotopic (exact) mass is 266 g/mol. The standard InChI is InChI=1S/C13H15ClN2S/c1-13(2,15-3)12-16-11(8-17-12)9-4-6-10(14)7-5-9/h4-8,15H,1-3H3. The molecular weight excluding hydrogens is 252 g/mol. The molecule has 0 amide bonds. The molecule has 17 heavy (non-hydrogen) atoms. The quantitative estimate of drug-likeness (QED) is 0.911. The highest BCUT2D eigenvalue weighted by molar-refractivity contribution is 7.10. The van der Waals surface area contributed by atoms with Crippen LogP contribution in [0, 0.1) is 0 Å². The van der Waals surface area contributed by atoms with E-state index in [-0.39, 0.29) is 5.54 Å². The number of hydrogen-bond acceptors (Lipinski definition) is 3. The van der Waals surface area contributed by atoms with Crippen LogP contribution >= 0.6 is 22.9 Å². The number of rotatable bonds is 3. The average Bonchev–Trinajstić information content (AvgIpc) is 2.80. The molecule has 0 spiro atoms. The summed E-state index contributed by atoms with van der Waals surface area (Å²) in [6.07, 6.45) is 0. The van der Waals surface area contributed by atoms with Crippen LogP contribution in [-0.2, 0) is 5.54 Å². The van der Waals surface area contributed by atoms with Gasteiger partial charge in [-0.3, -0.25) is 0 Å². The summed E-state index contributed by atoms with van der Waals surface area (Å²) in [4.78, 5) is 4.67. The summed E-state index contributed by atoms with van der Waals surface area (Å²) in [5.41, 5.74) is 2.02. The number of nitrogens with one attached hydrogen (secondary N) is 1. The second-order valence-electron chi connectivity index (χ2n) is 4.42. The maximum absolute atomic E-state index is 5.87. The summed E-state index contributed by atoms with van der Waals surface area (Å²) < 4.78 is 0. The Labute approximate surface area is 111 Å². The zero-order chi connectivity index (χ0) is 12.5. The van der Waals surface area contributed by atoms with E-state index < -0.39 is 0 Å². The molecule has 0 aliphatic carbocycles. The molecule has 2 aromatic rings. The number of hydrogen-bond donors (Lipinski definition) is 1. The van der Waals surface area contributed by atoms with Crippen molar-refractivity contribution in [3.8, 4) is 11.3 Å². The third kappa shape index (κ3) is 2.68. The highest BCUT2D eigenvalue weighted by Gasteiger charge is 2.21. The van der Waals surface area contributed by atoms with Crippen LogP contribution in [0.2, 0.25) is 5.02 Å². The van der Waals surface area contributed by atoms with Crippen molar-refractivity contribution < 1.29 is 0 Å². The van der Waals surface area contributed by atoms with Crippen molar-refractivity contribution in [3.05, 3.63) is 39.7 Å². The van der Waals surface area contributed by atoms with Crippen molar-refractivity contribution in [1.82, 2.24) is 10.3 Å². The van der Waals surface area contributed by atoms with Gasteiger partial charge in [0.05, 0.1) is 11.2 Å². The van der Waals surface area contributed by atoms with Crippen LogP contribution in [0.15, 0.2) is 29.6 Å². The Hall–Kier alpha value is -0.900. The van der Waals surface area contributed by atoms with Gasteiger partial charge in [0.25, 0.3) is 0 Å². The van der Waals surface area contributed by atoms with Crippen LogP contribution in [0.1, 0.15) is 18.9 Å². The first-order valence-corrected chi connectivity index (χ1v) is 6.69. The van der Waals surface area contributed by atoms with Gasteiger partial charge in [-0.1, -0.05) is 23.7 Å². The Morgan fingerprint density at radius 3 is 2.47 bits per heavy atom. The van der Waals surface area contributed by atoms with Gasteiger partial charge in [0.1, 0.15) is 5.01 Å². The lowest BCUT2D eigenvalue weighted by Gasteiger charge is -2.20. The van der Waals surface area contributed by atoms with E-state index in [1.54, 1.807) is 11.3 Å². The molecule has 1 heterocycles. The second kappa shape index (κ2) is 4.77. The van der Waals surface area contributed by atoms with Gasteiger partial charge in [-0.05, 0) is 33.0 Å². The maximum Gasteiger partial charge on any atom is 0.113 e. The van der Waals surface area contributed by atoms with E-state index in [1.165, 1.54) is 0 Å². The molecule has 0 saturated heterocycles. The molecular formula is C13H15ClN2S. The first-order valence-electron chi connectivity index (χ1n) is 5.44. The molecule has 0 aliphatic heterocycles. The van der Waals surface area contributed by atoms with Gasteiger partial charge in [-0.25, -0.2) is 4.98 Å². The largest absolute Gasteiger partial charge is 0.309 e. The predicted molar refractivity (Wildman–Crippen MR) is 74.6 cm³/mol. The van der Waals surface area contributed by atoms with Crippen LogP contribution in [0.4, 0.5) is 0 Å². The molecule has 0 unspecified atom stereocenters. The lowest BCUT2D eigenvalue weighted by atomic mass is 10.1. The summed E-state index contributed by atoms with van der Waals surface area (Å²) >= 11 is 7.55. The summed E-state index contributed by atoms with van der Waals surface area (Å²) in [6, 6.07) is 7.76. The number of halogens is 1. The third-order valence-corrected chi connectivity index (χ3v) is 4.22. The molecule has 4 heteroatoms. The van der Waals surface area contributed by atoms with E-state index in [0.29, 0.717) is 0 Å². The Bertz CT molecular complexity index is 502. The first kappa shape index (κ1) is 12.6. The van der Waals surface area contributed by atoms with Gasteiger partial charge in [0.15, 0.2) is 0 Å². The molecule has 0 fully saturated rings. The summed E-state index contributed by atoms with van der Waals surface area (Å²) in [6.45, 7) is 4.24. The minimum Gasteiger partial charge on any atom is -0.309 e. The van der Waals surface area contributed by atoms with Gasteiger partial charge in [0, 0.05) is 16.0 Å². The van der Waals surface area contributed by atoms with Gasteiger partial charge in [0.2, 0.25) is 0 Å². The Morgan fingerprint density at radius 2 is 1.88 bits per heavy atom. The van der Waals surface area contributed by atoms with Crippen molar-refractivity contribution in [2.24, 2.45) is 0 Å². The minimum absolute atomic E-state index is 0.0880. The first-order chi connectivity index (χ1) is 8.03. The lowest BCUT2D eigenvalue weighted by Crippen LogP contribution is -2.32. The molecule has 1 aromatic carbocycles. The molecule has 1 aromatic heterocycles. The van der Waals surface area contributed by atoms with Gasteiger partial charge in [-0.15, -0.1) is 11.3 Å². The number of aromatic nitrogens is 1. The number of benzene rings is 1. The molecule has 0 bridgehead atoms. The molecule has 0 saturated carbocycles. The Kier molecular flexibility index (Phi) is 3.52. The highest BCUT2D eigenvalue weighted by Crippen LogP contribution is 2.28. The van der Waals surface area contributed by atoms with Gasteiger partial charge < -0.3 is 5.32 Å². The minimum atomic E-state index is -0.0880. The van der Waals surface area contributed by atoms with Crippen molar-refractivity contribution in [2.45, 2.75) is 19.4 Å². The van der Waals surface area contributed by atoms with Crippen molar-refractivity contribution in [1.29, 1.82) is 0 Å².